The first kappa shape index (κ1) is 8.70. The molecule has 1 aromatic carbocycles. The van der Waals surface area contributed by atoms with Crippen molar-refractivity contribution in [3.05, 3.63) is 30.0 Å². The topological polar surface area (TPSA) is 12.9 Å². The minimum absolute atomic E-state index is 0.211. The molecule has 1 aromatic heterocycles. The van der Waals surface area contributed by atoms with E-state index in [-0.39, 0.29) is 5.41 Å². The fourth-order valence-corrected chi connectivity index (χ4v) is 2.22. The van der Waals surface area contributed by atoms with E-state index >= 15 is 0 Å². The van der Waals surface area contributed by atoms with Gasteiger partial charge in [0.2, 0.25) is 0 Å². The summed E-state index contributed by atoms with van der Waals surface area (Å²) in [4.78, 5) is 0. The lowest BCUT2D eigenvalue weighted by Gasteiger charge is -2.19. The average molecular weight is 191 g/mol. The van der Waals surface area contributed by atoms with E-state index in [1.165, 1.54) is 15.6 Å². The summed E-state index contributed by atoms with van der Waals surface area (Å²) >= 11 is 1.57. The van der Waals surface area contributed by atoms with E-state index in [9.17, 15) is 0 Å². The third-order valence-electron chi connectivity index (χ3n) is 2.21. The van der Waals surface area contributed by atoms with Crippen molar-refractivity contribution in [3.63, 3.8) is 0 Å². The highest BCUT2D eigenvalue weighted by molar-refractivity contribution is 7.13. The van der Waals surface area contributed by atoms with Crippen molar-refractivity contribution in [2.45, 2.75) is 26.2 Å². The zero-order valence-electron chi connectivity index (χ0n) is 8.16. The fraction of sp³-hybridized carbons (Fsp3) is 0.364. The first-order valence-corrected chi connectivity index (χ1v) is 5.20. The van der Waals surface area contributed by atoms with Crippen LogP contribution >= 0.6 is 11.5 Å². The van der Waals surface area contributed by atoms with Crippen LogP contribution in [-0.4, -0.2) is 4.37 Å². The molecule has 13 heavy (non-hydrogen) atoms. The van der Waals surface area contributed by atoms with Crippen molar-refractivity contribution in [1.29, 1.82) is 0 Å². The van der Waals surface area contributed by atoms with Gasteiger partial charge in [-0.2, -0.15) is 4.37 Å². The smallest absolute Gasteiger partial charge is 0.0552 e. The normalized spacial score (nSPS) is 12.2. The molecule has 0 bridgehead atoms. The molecule has 1 heterocycles. The van der Waals surface area contributed by atoms with E-state index in [0.717, 1.165) is 0 Å². The van der Waals surface area contributed by atoms with Crippen LogP contribution in [0.1, 0.15) is 26.3 Å². The Balaban J connectivity index is 2.75. The Kier molecular flexibility index (Phi) is 1.88. The molecule has 0 saturated heterocycles. The molecule has 0 fully saturated rings. The number of hydrogen-bond donors (Lipinski definition) is 0. The average Bonchev–Trinajstić information content (AvgIpc) is 2.48. The van der Waals surface area contributed by atoms with Gasteiger partial charge in [-0.15, -0.1) is 0 Å². The second-order valence-electron chi connectivity index (χ2n) is 4.29. The molecule has 0 aliphatic carbocycles. The summed E-state index contributed by atoms with van der Waals surface area (Å²) in [6, 6.07) is 6.43. The fourth-order valence-electron chi connectivity index (χ4n) is 1.55. The van der Waals surface area contributed by atoms with Gasteiger partial charge in [0.05, 0.1) is 4.70 Å². The molecule has 0 unspecified atom stereocenters. The van der Waals surface area contributed by atoms with E-state index in [0.29, 0.717) is 0 Å². The highest BCUT2D eigenvalue weighted by Crippen LogP contribution is 2.30. The summed E-state index contributed by atoms with van der Waals surface area (Å²) in [7, 11) is 0. The summed E-state index contributed by atoms with van der Waals surface area (Å²) in [6.45, 7) is 6.71. The second-order valence-corrected chi connectivity index (χ2v) is 5.13. The number of aromatic nitrogens is 1. The third-order valence-corrected chi connectivity index (χ3v) is 2.97. The first-order chi connectivity index (χ1) is 6.09. The van der Waals surface area contributed by atoms with Crippen molar-refractivity contribution in [2.24, 2.45) is 0 Å². The lowest BCUT2D eigenvalue weighted by molar-refractivity contribution is 0.596. The highest BCUT2D eigenvalue weighted by Gasteiger charge is 2.16. The number of fused-ring (bicyclic) bond motifs is 1. The standard InChI is InChI=1S/C11H13NS/c1-11(2,3)9-5-4-6-10-8(9)7-12-13-10/h4-7H,1-3H3. The Hall–Kier alpha value is -0.890. The molecule has 1 nitrogen and oxygen atoms in total. The monoisotopic (exact) mass is 191 g/mol. The summed E-state index contributed by atoms with van der Waals surface area (Å²) < 4.78 is 5.50. The minimum atomic E-state index is 0.211. The Bertz CT molecular complexity index is 423. The number of benzene rings is 1. The van der Waals surface area contributed by atoms with E-state index in [2.05, 4.69) is 43.3 Å². The third kappa shape index (κ3) is 1.46. The van der Waals surface area contributed by atoms with Crippen LogP contribution in [0.25, 0.3) is 10.1 Å². The van der Waals surface area contributed by atoms with E-state index < -0.39 is 0 Å². The van der Waals surface area contributed by atoms with Crippen molar-refractivity contribution >= 4 is 21.6 Å². The molecule has 68 valence electrons. The predicted molar refractivity (Wildman–Crippen MR) is 58.3 cm³/mol. The molecule has 0 amide bonds. The molecule has 0 atom stereocenters. The van der Waals surface area contributed by atoms with E-state index in [1.54, 1.807) is 11.5 Å². The molecule has 0 saturated carbocycles. The van der Waals surface area contributed by atoms with Crippen molar-refractivity contribution in [1.82, 2.24) is 4.37 Å². The maximum absolute atomic E-state index is 4.22. The van der Waals surface area contributed by atoms with Crippen LogP contribution in [0.2, 0.25) is 0 Å². The van der Waals surface area contributed by atoms with Crippen molar-refractivity contribution in [3.8, 4) is 0 Å². The molecule has 0 spiro atoms. The van der Waals surface area contributed by atoms with E-state index in [4.69, 9.17) is 0 Å². The Morgan fingerprint density at radius 1 is 1.23 bits per heavy atom. The van der Waals surface area contributed by atoms with Gasteiger partial charge in [0.15, 0.2) is 0 Å². The largest absolute Gasteiger partial charge is 0.200 e. The van der Waals surface area contributed by atoms with Crippen LogP contribution < -0.4 is 0 Å². The molecule has 0 N–H and O–H groups in total. The van der Waals surface area contributed by atoms with Crippen LogP contribution in [0.4, 0.5) is 0 Å². The maximum atomic E-state index is 4.22. The highest BCUT2D eigenvalue weighted by atomic mass is 32.1. The molecule has 0 aliphatic heterocycles. The zero-order valence-corrected chi connectivity index (χ0v) is 8.98. The quantitative estimate of drug-likeness (QED) is 0.620. The van der Waals surface area contributed by atoms with Crippen LogP contribution in [0, 0.1) is 0 Å². The molecular formula is C11H13NS. The molecular weight excluding hydrogens is 178 g/mol. The lowest BCUT2D eigenvalue weighted by atomic mass is 9.85. The summed E-state index contributed by atoms with van der Waals surface area (Å²) in [5.74, 6) is 0. The number of hydrogen-bond acceptors (Lipinski definition) is 2. The van der Waals surface area contributed by atoms with Gasteiger partial charge >= 0.3 is 0 Å². The number of rotatable bonds is 0. The first-order valence-electron chi connectivity index (χ1n) is 4.43. The molecule has 2 rings (SSSR count). The van der Waals surface area contributed by atoms with Gasteiger partial charge in [-0.3, -0.25) is 0 Å². The van der Waals surface area contributed by atoms with Gasteiger partial charge in [0, 0.05) is 11.6 Å². The van der Waals surface area contributed by atoms with Crippen LogP contribution in [0.3, 0.4) is 0 Å². The Morgan fingerprint density at radius 2 is 2.00 bits per heavy atom. The van der Waals surface area contributed by atoms with E-state index in [1.807, 2.05) is 6.20 Å². The molecule has 2 heteroatoms. The summed E-state index contributed by atoms with van der Waals surface area (Å²) in [6.07, 6.45) is 1.97. The minimum Gasteiger partial charge on any atom is -0.200 e. The van der Waals surface area contributed by atoms with Gasteiger partial charge in [-0.05, 0) is 28.6 Å². The van der Waals surface area contributed by atoms with Gasteiger partial charge in [0.25, 0.3) is 0 Å². The van der Waals surface area contributed by atoms with Crippen molar-refractivity contribution in [2.75, 3.05) is 0 Å². The predicted octanol–water partition coefficient (Wildman–Crippen LogP) is 3.59. The Morgan fingerprint density at radius 3 is 2.69 bits per heavy atom. The van der Waals surface area contributed by atoms with Gasteiger partial charge in [-0.1, -0.05) is 32.9 Å². The van der Waals surface area contributed by atoms with Gasteiger partial charge < -0.3 is 0 Å². The lowest BCUT2D eigenvalue weighted by Crippen LogP contribution is -2.10. The van der Waals surface area contributed by atoms with Gasteiger partial charge in [-0.25, -0.2) is 0 Å². The van der Waals surface area contributed by atoms with Crippen LogP contribution in [-0.2, 0) is 5.41 Å². The van der Waals surface area contributed by atoms with Gasteiger partial charge in [0.1, 0.15) is 0 Å². The van der Waals surface area contributed by atoms with Crippen LogP contribution in [0.15, 0.2) is 24.4 Å². The number of nitrogens with zero attached hydrogens (tertiary/aromatic N) is 1. The SMILES string of the molecule is CC(C)(C)c1cccc2sncc12. The summed E-state index contributed by atoms with van der Waals surface area (Å²) in [5.41, 5.74) is 1.60. The second kappa shape index (κ2) is 2.81. The maximum Gasteiger partial charge on any atom is 0.0552 e. The molecule has 0 aliphatic rings. The molecule has 2 aromatic rings. The van der Waals surface area contributed by atoms with Crippen LogP contribution in [0.5, 0.6) is 0 Å². The Labute approximate surface area is 82.6 Å². The zero-order chi connectivity index (χ0) is 9.47. The molecule has 0 radical (unpaired) electrons. The summed E-state index contributed by atoms with van der Waals surface area (Å²) in [5, 5.41) is 1.31. The van der Waals surface area contributed by atoms with Crippen molar-refractivity contribution < 1.29 is 0 Å².